The molecule has 1 saturated heterocycles. The van der Waals surface area contributed by atoms with Crippen LogP contribution in [0.3, 0.4) is 0 Å². The molecule has 112 valence electrons. The average Bonchev–Trinajstić information content (AvgIpc) is 2.47. The summed E-state index contributed by atoms with van der Waals surface area (Å²) in [6, 6.07) is 2.07. The molecule has 2 heterocycles. The van der Waals surface area contributed by atoms with Crippen LogP contribution in [0.1, 0.15) is 32.4 Å². The maximum absolute atomic E-state index is 5.41. The Bertz CT molecular complexity index is 412. The average molecular weight is 278 g/mol. The fourth-order valence-electron chi connectivity index (χ4n) is 2.48. The summed E-state index contributed by atoms with van der Waals surface area (Å²) >= 11 is 0. The van der Waals surface area contributed by atoms with Crippen molar-refractivity contribution in [1.29, 1.82) is 0 Å². The molecule has 0 aromatic carbocycles. The van der Waals surface area contributed by atoms with Gasteiger partial charge in [-0.2, -0.15) is 4.98 Å². The molecule has 0 atom stereocenters. The summed E-state index contributed by atoms with van der Waals surface area (Å²) in [6.07, 6.45) is 2.23. The minimum absolute atomic E-state index is 0.784. The molecule has 0 N–H and O–H groups in total. The molecule has 1 fully saturated rings. The van der Waals surface area contributed by atoms with Gasteiger partial charge in [-0.3, -0.25) is 0 Å². The predicted octanol–water partition coefficient (Wildman–Crippen LogP) is 2.25. The van der Waals surface area contributed by atoms with Crippen LogP contribution in [-0.2, 0) is 4.74 Å². The van der Waals surface area contributed by atoms with E-state index in [0.29, 0.717) is 0 Å². The smallest absolute Gasteiger partial charge is 0.227 e. The van der Waals surface area contributed by atoms with Gasteiger partial charge in [0.2, 0.25) is 5.95 Å². The zero-order chi connectivity index (χ0) is 14.4. The molecule has 0 unspecified atom stereocenters. The standard InChI is InChI=1S/C15H26N4O/c1-4-6-19(7-5-2)15-16-13(3)12-14(17-15)18-8-10-20-11-9-18/h12H,4-11H2,1-3H3. The minimum Gasteiger partial charge on any atom is -0.378 e. The summed E-state index contributed by atoms with van der Waals surface area (Å²) in [5.74, 6) is 1.91. The second-order valence-corrected chi connectivity index (χ2v) is 5.25. The van der Waals surface area contributed by atoms with E-state index in [1.54, 1.807) is 0 Å². The van der Waals surface area contributed by atoms with Crippen molar-refractivity contribution in [3.05, 3.63) is 11.8 Å². The van der Waals surface area contributed by atoms with Crippen LogP contribution < -0.4 is 9.80 Å². The Morgan fingerprint density at radius 2 is 1.80 bits per heavy atom. The van der Waals surface area contributed by atoms with E-state index in [1.807, 2.05) is 6.92 Å². The molecule has 0 spiro atoms. The Hall–Kier alpha value is -1.36. The van der Waals surface area contributed by atoms with Crippen molar-refractivity contribution in [3.63, 3.8) is 0 Å². The van der Waals surface area contributed by atoms with Gasteiger partial charge in [-0.15, -0.1) is 0 Å². The monoisotopic (exact) mass is 278 g/mol. The van der Waals surface area contributed by atoms with E-state index < -0.39 is 0 Å². The highest BCUT2D eigenvalue weighted by molar-refractivity contribution is 5.46. The molecule has 0 aliphatic carbocycles. The van der Waals surface area contributed by atoms with Crippen LogP contribution in [0.5, 0.6) is 0 Å². The largest absolute Gasteiger partial charge is 0.378 e. The topological polar surface area (TPSA) is 41.5 Å². The molecule has 1 aliphatic heterocycles. The maximum Gasteiger partial charge on any atom is 0.227 e. The maximum atomic E-state index is 5.41. The van der Waals surface area contributed by atoms with Crippen molar-refractivity contribution in [2.24, 2.45) is 0 Å². The predicted molar refractivity (Wildman–Crippen MR) is 82.6 cm³/mol. The molecule has 1 aromatic heterocycles. The van der Waals surface area contributed by atoms with Crippen LogP contribution >= 0.6 is 0 Å². The van der Waals surface area contributed by atoms with E-state index in [-0.39, 0.29) is 0 Å². The molecule has 0 saturated carbocycles. The lowest BCUT2D eigenvalue weighted by molar-refractivity contribution is 0.122. The minimum atomic E-state index is 0.784. The van der Waals surface area contributed by atoms with Gasteiger partial charge in [-0.05, 0) is 19.8 Å². The summed E-state index contributed by atoms with van der Waals surface area (Å²) in [6.45, 7) is 11.9. The first-order valence-corrected chi connectivity index (χ1v) is 7.68. The third kappa shape index (κ3) is 3.82. The number of nitrogens with zero attached hydrogens (tertiary/aromatic N) is 4. The van der Waals surface area contributed by atoms with Crippen LogP contribution in [-0.4, -0.2) is 49.4 Å². The van der Waals surface area contributed by atoms with Gasteiger partial charge in [0.05, 0.1) is 13.2 Å². The number of aromatic nitrogens is 2. The summed E-state index contributed by atoms with van der Waals surface area (Å²) < 4.78 is 5.41. The number of hydrogen-bond acceptors (Lipinski definition) is 5. The molecule has 5 nitrogen and oxygen atoms in total. The van der Waals surface area contributed by atoms with E-state index in [2.05, 4.69) is 34.7 Å². The molecule has 0 bridgehead atoms. The first kappa shape index (κ1) is 15.0. The van der Waals surface area contributed by atoms with Gasteiger partial charge in [0.15, 0.2) is 0 Å². The zero-order valence-corrected chi connectivity index (χ0v) is 12.9. The molecule has 0 amide bonds. The van der Waals surface area contributed by atoms with Gasteiger partial charge < -0.3 is 14.5 Å². The first-order valence-electron chi connectivity index (χ1n) is 7.68. The van der Waals surface area contributed by atoms with E-state index >= 15 is 0 Å². The Morgan fingerprint density at radius 1 is 1.15 bits per heavy atom. The molecule has 20 heavy (non-hydrogen) atoms. The van der Waals surface area contributed by atoms with E-state index in [4.69, 9.17) is 9.72 Å². The van der Waals surface area contributed by atoms with E-state index in [9.17, 15) is 0 Å². The van der Waals surface area contributed by atoms with Crippen molar-refractivity contribution < 1.29 is 4.74 Å². The molecular weight excluding hydrogens is 252 g/mol. The zero-order valence-electron chi connectivity index (χ0n) is 12.9. The third-order valence-corrected chi connectivity index (χ3v) is 3.43. The van der Waals surface area contributed by atoms with Crippen LogP contribution in [0.4, 0.5) is 11.8 Å². The molecule has 1 aromatic rings. The number of hydrogen-bond donors (Lipinski definition) is 0. The Kier molecular flexibility index (Phi) is 5.59. The van der Waals surface area contributed by atoms with Gasteiger partial charge in [0, 0.05) is 37.9 Å². The summed E-state index contributed by atoms with van der Waals surface area (Å²) in [5.41, 5.74) is 1.04. The third-order valence-electron chi connectivity index (χ3n) is 3.43. The van der Waals surface area contributed by atoms with Gasteiger partial charge >= 0.3 is 0 Å². The van der Waals surface area contributed by atoms with Crippen LogP contribution in [0.2, 0.25) is 0 Å². The van der Waals surface area contributed by atoms with Crippen molar-refractivity contribution >= 4 is 11.8 Å². The van der Waals surface area contributed by atoms with Crippen molar-refractivity contribution in [2.75, 3.05) is 49.2 Å². The van der Waals surface area contributed by atoms with Crippen LogP contribution in [0.15, 0.2) is 6.07 Å². The summed E-state index contributed by atoms with van der Waals surface area (Å²) in [5, 5.41) is 0. The highest BCUT2D eigenvalue weighted by Gasteiger charge is 2.16. The number of ether oxygens (including phenoxy) is 1. The second kappa shape index (κ2) is 7.43. The highest BCUT2D eigenvalue weighted by atomic mass is 16.5. The summed E-state index contributed by atoms with van der Waals surface area (Å²) in [7, 11) is 0. The second-order valence-electron chi connectivity index (χ2n) is 5.25. The molecule has 1 aliphatic rings. The van der Waals surface area contributed by atoms with E-state index in [0.717, 1.165) is 69.7 Å². The Morgan fingerprint density at radius 3 is 2.40 bits per heavy atom. The van der Waals surface area contributed by atoms with Gasteiger partial charge in [0.25, 0.3) is 0 Å². The molecular formula is C15H26N4O. The quantitative estimate of drug-likeness (QED) is 0.798. The van der Waals surface area contributed by atoms with Crippen LogP contribution in [0, 0.1) is 6.92 Å². The number of aryl methyl sites for hydroxylation is 1. The number of morpholine rings is 1. The SMILES string of the molecule is CCCN(CCC)c1nc(C)cc(N2CCOCC2)n1. The lowest BCUT2D eigenvalue weighted by Gasteiger charge is -2.29. The molecule has 2 rings (SSSR count). The number of anilines is 2. The fraction of sp³-hybridized carbons (Fsp3) is 0.733. The fourth-order valence-corrected chi connectivity index (χ4v) is 2.48. The molecule has 5 heteroatoms. The Labute approximate surface area is 122 Å². The normalized spacial score (nSPS) is 15.4. The van der Waals surface area contributed by atoms with Crippen LogP contribution in [0.25, 0.3) is 0 Å². The molecule has 0 radical (unpaired) electrons. The van der Waals surface area contributed by atoms with Crippen molar-refractivity contribution in [1.82, 2.24) is 9.97 Å². The lowest BCUT2D eigenvalue weighted by atomic mass is 10.3. The van der Waals surface area contributed by atoms with Gasteiger partial charge in [-0.1, -0.05) is 13.8 Å². The van der Waals surface area contributed by atoms with Gasteiger partial charge in [-0.25, -0.2) is 4.98 Å². The van der Waals surface area contributed by atoms with Crippen molar-refractivity contribution in [2.45, 2.75) is 33.6 Å². The summed E-state index contributed by atoms with van der Waals surface area (Å²) in [4.78, 5) is 14.0. The number of rotatable bonds is 6. The Balaban J connectivity index is 2.21. The lowest BCUT2D eigenvalue weighted by Crippen LogP contribution is -2.37. The van der Waals surface area contributed by atoms with E-state index in [1.165, 1.54) is 0 Å². The first-order chi connectivity index (χ1) is 9.74. The highest BCUT2D eigenvalue weighted by Crippen LogP contribution is 2.19. The van der Waals surface area contributed by atoms with Gasteiger partial charge in [0.1, 0.15) is 5.82 Å². The van der Waals surface area contributed by atoms with Crippen molar-refractivity contribution in [3.8, 4) is 0 Å².